The van der Waals surface area contributed by atoms with Crippen LogP contribution in [0.2, 0.25) is 0 Å². The van der Waals surface area contributed by atoms with E-state index in [1.165, 1.54) is 12.3 Å². The highest BCUT2D eigenvalue weighted by molar-refractivity contribution is 5.90. The zero-order chi connectivity index (χ0) is 13.1. The SMILES string of the molecule is Cc1ncc(C#N)cc1C(=O)ON1CC(CN)C1.Cl.Cl. The third-order valence-electron chi connectivity index (χ3n) is 2.90. The van der Waals surface area contributed by atoms with E-state index in [1.807, 2.05) is 6.07 Å². The topological polar surface area (TPSA) is 92.2 Å². The van der Waals surface area contributed by atoms with Crippen molar-refractivity contribution in [3.8, 4) is 6.07 Å². The number of aromatic nitrogens is 1. The number of pyridine rings is 1. The first kappa shape index (κ1) is 18.6. The van der Waals surface area contributed by atoms with Crippen LogP contribution in [-0.2, 0) is 4.84 Å². The fraction of sp³-hybridized carbons (Fsp3) is 0.417. The lowest BCUT2D eigenvalue weighted by atomic mass is 10.0. The Kier molecular flexibility index (Phi) is 7.46. The zero-order valence-electron chi connectivity index (χ0n) is 10.9. The van der Waals surface area contributed by atoms with Gasteiger partial charge < -0.3 is 10.6 Å². The summed E-state index contributed by atoms with van der Waals surface area (Å²) in [6, 6.07) is 3.44. The highest BCUT2D eigenvalue weighted by atomic mass is 35.5. The molecule has 1 aliphatic heterocycles. The average molecular weight is 319 g/mol. The molecule has 1 fully saturated rings. The van der Waals surface area contributed by atoms with Gasteiger partial charge in [0, 0.05) is 25.2 Å². The van der Waals surface area contributed by atoms with Crippen LogP contribution >= 0.6 is 24.8 Å². The summed E-state index contributed by atoms with van der Waals surface area (Å²) in [5.41, 5.74) is 6.71. The Bertz CT molecular complexity index is 513. The molecule has 1 saturated heterocycles. The Morgan fingerprint density at radius 3 is 2.80 bits per heavy atom. The minimum Gasteiger partial charge on any atom is -0.364 e. The van der Waals surface area contributed by atoms with Gasteiger partial charge in [-0.3, -0.25) is 4.98 Å². The summed E-state index contributed by atoms with van der Waals surface area (Å²) in [6.07, 6.45) is 1.43. The number of carbonyl (C=O) groups is 1. The molecule has 1 aliphatic rings. The third-order valence-corrected chi connectivity index (χ3v) is 2.90. The number of carbonyl (C=O) groups excluding carboxylic acids is 1. The largest absolute Gasteiger partial charge is 0.364 e. The highest BCUT2D eigenvalue weighted by Gasteiger charge is 2.29. The van der Waals surface area contributed by atoms with E-state index in [-0.39, 0.29) is 24.8 Å². The first-order valence-corrected chi connectivity index (χ1v) is 5.68. The Balaban J connectivity index is 0.00000180. The molecule has 2 heterocycles. The van der Waals surface area contributed by atoms with Crippen LogP contribution in [0.25, 0.3) is 0 Å². The third kappa shape index (κ3) is 4.05. The summed E-state index contributed by atoms with van der Waals surface area (Å²) >= 11 is 0. The van der Waals surface area contributed by atoms with Crippen molar-refractivity contribution in [2.24, 2.45) is 11.7 Å². The summed E-state index contributed by atoms with van der Waals surface area (Å²) in [5.74, 6) is -0.0879. The van der Waals surface area contributed by atoms with Crippen molar-refractivity contribution < 1.29 is 9.63 Å². The van der Waals surface area contributed by atoms with Crippen LogP contribution in [0.1, 0.15) is 21.6 Å². The molecule has 0 saturated carbocycles. The smallest absolute Gasteiger partial charge is 0.358 e. The number of hydrogen-bond acceptors (Lipinski definition) is 6. The van der Waals surface area contributed by atoms with Gasteiger partial charge in [-0.15, -0.1) is 29.9 Å². The van der Waals surface area contributed by atoms with Crippen LogP contribution < -0.4 is 5.73 Å². The fourth-order valence-electron chi connectivity index (χ4n) is 1.71. The molecule has 0 unspecified atom stereocenters. The second-order valence-corrected chi connectivity index (χ2v) is 4.30. The Morgan fingerprint density at radius 2 is 2.25 bits per heavy atom. The molecule has 2 N–H and O–H groups in total. The lowest BCUT2D eigenvalue weighted by Crippen LogP contribution is -2.50. The quantitative estimate of drug-likeness (QED) is 0.896. The van der Waals surface area contributed by atoms with Gasteiger partial charge >= 0.3 is 5.97 Å². The highest BCUT2D eigenvalue weighted by Crippen LogP contribution is 2.17. The zero-order valence-corrected chi connectivity index (χ0v) is 12.5. The molecule has 0 bridgehead atoms. The van der Waals surface area contributed by atoms with Crippen molar-refractivity contribution >= 4 is 30.8 Å². The van der Waals surface area contributed by atoms with Gasteiger partial charge in [0.2, 0.25) is 0 Å². The van der Waals surface area contributed by atoms with Gasteiger partial charge in [-0.25, -0.2) is 4.79 Å². The fourth-order valence-corrected chi connectivity index (χ4v) is 1.71. The second kappa shape index (κ2) is 8.02. The summed E-state index contributed by atoms with van der Waals surface area (Å²) in [7, 11) is 0. The molecule has 0 aromatic carbocycles. The van der Waals surface area contributed by atoms with Crippen molar-refractivity contribution in [1.29, 1.82) is 5.26 Å². The van der Waals surface area contributed by atoms with Gasteiger partial charge in [-0.2, -0.15) is 5.26 Å². The minimum atomic E-state index is -0.479. The van der Waals surface area contributed by atoms with Crippen LogP contribution in [0.3, 0.4) is 0 Å². The van der Waals surface area contributed by atoms with E-state index in [0.29, 0.717) is 42.4 Å². The molecular formula is C12H16Cl2N4O2. The van der Waals surface area contributed by atoms with Gasteiger partial charge in [-0.05, 0) is 19.5 Å². The number of nitrogens with two attached hydrogens (primary N) is 1. The van der Waals surface area contributed by atoms with Crippen LogP contribution in [-0.4, -0.2) is 35.7 Å². The van der Waals surface area contributed by atoms with Crippen LogP contribution in [0, 0.1) is 24.2 Å². The molecule has 110 valence electrons. The van der Waals surface area contributed by atoms with Gasteiger partial charge in [0.05, 0.1) is 16.8 Å². The van der Waals surface area contributed by atoms with Gasteiger partial charge in [-0.1, -0.05) is 0 Å². The molecule has 0 aliphatic carbocycles. The van der Waals surface area contributed by atoms with Crippen molar-refractivity contribution in [2.45, 2.75) is 6.92 Å². The standard InChI is InChI=1S/C12H14N4O2.2ClH/c1-8-11(2-9(3-13)5-15-8)12(17)18-16-6-10(4-14)7-16;;/h2,5,10H,4,6-7,14H2,1H3;2*1H. The predicted molar refractivity (Wildman–Crippen MR) is 77.7 cm³/mol. The molecule has 2 rings (SSSR count). The molecule has 1 aromatic rings. The van der Waals surface area contributed by atoms with Gasteiger partial charge in [0.25, 0.3) is 0 Å². The van der Waals surface area contributed by atoms with Crippen molar-refractivity contribution in [2.75, 3.05) is 19.6 Å². The van der Waals surface area contributed by atoms with Crippen LogP contribution in [0.4, 0.5) is 0 Å². The number of halogens is 2. The molecule has 0 amide bonds. The Labute approximate surface area is 129 Å². The van der Waals surface area contributed by atoms with Gasteiger partial charge in [0.1, 0.15) is 6.07 Å². The Hall–Kier alpha value is -1.39. The lowest BCUT2D eigenvalue weighted by Gasteiger charge is -2.36. The van der Waals surface area contributed by atoms with E-state index in [4.69, 9.17) is 15.8 Å². The van der Waals surface area contributed by atoms with Gasteiger partial charge in [0.15, 0.2) is 0 Å². The molecule has 6 nitrogen and oxygen atoms in total. The van der Waals surface area contributed by atoms with E-state index in [0.717, 1.165) is 0 Å². The normalized spacial score (nSPS) is 14.2. The van der Waals surface area contributed by atoms with E-state index in [2.05, 4.69) is 4.98 Å². The predicted octanol–water partition coefficient (Wildman–Crippen LogP) is 1.07. The average Bonchev–Trinajstić information content (AvgIpc) is 2.33. The molecule has 0 radical (unpaired) electrons. The summed E-state index contributed by atoms with van der Waals surface area (Å²) in [4.78, 5) is 21.1. The maximum atomic E-state index is 11.9. The minimum absolute atomic E-state index is 0. The lowest BCUT2D eigenvalue weighted by molar-refractivity contribution is -0.171. The van der Waals surface area contributed by atoms with E-state index in [9.17, 15) is 4.79 Å². The molecular weight excluding hydrogens is 303 g/mol. The van der Waals surface area contributed by atoms with E-state index in [1.54, 1.807) is 12.0 Å². The molecule has 20 heavy (non-hydrogen) atoms. The number of hydroxylamine groups is 2. The number of hydrogen-bond donors (Lipinski definition) is 1. The van der Waals surface area contributed by atoms with Crippen molar-refractivity contribution in [3.05, 3.63) is 29.1 Å². The maximum absolute atomic E-state index is 11.9. The number of aryl methyl sites for hydroxylation is 1. The van der Waals surface area contributed by atoms with E-state index < -0.39 is 5.97 Å². The summed E-state index contributed by atoms with van der Waals surface area (Å²) in [5, 5.41) is 10.3. The number of nitriles is 1. The monoisotopic (exact) mass is 318 g/mol. The number of nitrogens with zero attached hydrogens (tertiary/aromatic N) is 3. The van der Waals surface area contributed by atoms with Crippen molar-refractivity contribution in [3.63, 3.8) is 0 Å². The Morgan fingerprint density at radius 1 is 1.60 bits per heavy atom. The first-order valence-electron chi connectivity index (χ1n) is 5.68. The first-order chi connectivity index (χ1) is 8.63. The van der Waals surface area contributed by atoms with Crippen LogP contribution in [0.15, 0.2) is 12.3 Å². The van der Waals surface area contributed by atoms with Crippen LogP contribution in [0.5, 0.6) is 0 Å². The molecule has 8 heteroatoms. The summed E-state index contributed by atoms with van der Waals surface area (Å²) < 4.78 is 0. The number of rotatable bonds is 3. The van der Waals surface area contributed by atoms with E-state index >= 15 is 0 Å². The molecule has 0 spiro atoms. The molecule has 0 atom stereocenters. The maximum Gasteiger partial charge on any atom is 0.358 e. The van der Waals surface area contributed by atoms with Crippen molar-refractivity contribution in [1.82, 2.24) is 10.0 Å². The second-order valence-electron chi connectivity index (χ2n) is 4.30. The molecule has 1 aromatic heterocycles. The summed E-state index contributed by atoms with van der Waals surface area (Å²) in [6.45, 7) is 3.62.